The first-order chi connectivity index (χ1) is 7.79. The topological polar surface area (TPSA) is 32.3 Å². The molecular weight excluding hydrogens is 225 g/mol. The number of benzene rings is 1. The largest absolute Gasteiger partial charge is 0.394 e. The third kappa shape index (κ3) is 2.89. The summed E-state index contributed by atoms with van der Waals surface area (Å²) in [6, 6.07) is 6.43. The molecule has 1 aliphatic heterocycles. The van der Waals surface area contributed by atoms with Crippen molar-refractivity contribution in [2.75, 3.05) is 23.4 Å². The normalized spacial score (nSPS) is 22.0. The van der Waals surface area contributed by atoms with Crippen molar-refractivity contribution in [1.29, 1.82) is 0 Å². The molecule has 0 spiro atoms. The first-order valence-corrected chi connectivity index (χ1v) is 6.66. The van der Waals surface area contributed by atoms with Crippen LogP contribution >= 0.6 is 11.8 Å². The Labute approximate surface area is 99.2 Å². The highest BCUT2D eigenvalue weighted by Crippen LogP contribution is 2.27. The molecule has 16 heavy (non-hydrogen) atoms. The summed E-state index contributed by atoms with van der Waals surface area (Å²) in [7, 11) is 0. The van der Waals surface area contributed by atoms with Gasteiger partial charge >= 0.3 is 0 Å². The van der Waals surface area contributed by atoms with Crippen LogP contribution < -0.4 is 5.32 Å². The summed E-state index contributed by atoms with van der Waals surface area (Å²) < 4.78 is 13.0. The van der Waals surface area contributed by atoms with Crippen LogP contribution in [0.4, 0.5) is 10.1 Å². The minimum absolute atomic E-state index is 0.0387. The maximum atomic E-state index is 13.0. The van der Waals surface area contributed by atoms with Crippen LogP contribution in [-0.2, 0) is 0 Å². The maximum absolute atomic E-state index is 13.0. The summed E-state index contributed by atoms with van der Waals surface area (Å²) in [5.41, 5.74) is 0.746. The molecule has 0 aromatic heterocycles. The van der Waals surface area contributed by atoms with Crippen molar-refractivity contribution in [2.45, 2.75) is 12.5 Å². The van der Waals surface area contributed by atoms with Gasteiger partial charge in [0.05, 0.1) is 12.6 Å². The summed E-state index contributed by atoms with van der Waals surface area (Å²) in [5.74, 6) is 2.47. The van der Waals surface area contributed by atoms with Gasteiger partial charge in [0, 0.05) is 5.69 Å². The SMILES string of the molecule is OCC(Nc1cccc(F)c1)C1CCSC1. The van der Waals surface area contributed by atoms with Crippen molar-refractivity contribution in [3.05, 3.63) is 30.1 Å². The van der Waals surface area contributed by atoms with Gasteiger partial charge in [-0.1, -0.05) is 6.07 Å². The lowest BCUT2D eigenvalue weighted by molar-refractivity contribution is 0.245. The Bertz CT molecular complexity index is 342. The summed E-state index contributed by atoms with van der Waals surface area (Å²) in [6.07, 6.45) is 1.12. The van der Waals surface area contributed by atoms with E-state index in [4.69, 9.17) is 0 Å². The predicted octanol–water partition coefficient (Wildman–Crippen LogP) is 2.35. The lowest BCUT2D eigenvalue weighted by Gasteiger charge is -2.23. The smallest absolute Gasteiger partial charge is 0.125 e. The number of anilines is 1. The highest BCUT2D eigenvalue weighted by Gasteiger charge is 2.24. The number of aliphatic hydroxyl groups excluding tert-OH is 1. The van der Waals surface area contributed by atoms with Crippen LogP contribution in [0, 0.1) is 11.7 Å². The average molecular weight is 241 g/mol. The molecule has 88 valence electrons. The van der Waals surface area contributed by atoms with Gasteiger partial charge in [0.2, 0.25) is 0 Å². The van der Waals surface area contributed by atoms with Crippen molar-refractivity contribution >= 4 is 17.4 Å². The fourth-order valence-corrected chi connectivity index (χ4v) is 3.31. The van der Waals surface area contributed by atoms with Crippen LogP contribution in [0.5, 0.6) is 0 Å². The number of halogens is 1. The first-order valence-electron chi connectivity index (χ1n) is 5.50. The number of thioether (sulfide) groups is 1. The Morgan fingerprint density at radius 2 is 2.44 bits per heavy atom. The zero-order valence-electron chi connectivity index (χ0n) is 9.03. The van der Waals surface area contributed by atoms with Gasteiger partial charge in [0.25, 0.3) is 0 Å². The second-order valence-electron chi connectivity index (χ2n) is 4.07. The molecule has 0 amide bonds. The molecule has 2 unspecified atom stereocenters. The van der Waals surface area contributed by atoms with Gasteiger partial charge in [-0.3, -0.25) is 0 Å². The van der Waals surface area contributed by atoms with Crippen molar-refractivity contribution in [3.8, 4) is 0 Å². The van der Waals surface area contributed by atoms with Crippen LogP contribution in [0.15, 0.2) is 24.3 Å². The van der Waals surface area contributed by atoms with Crippen LogP contribution in [0.25, 0.3) is 0 Å². The van der Waals surface area contributed by atoms with E-state index in [1.807, 2.05) is 17.8 Å². The summed E-state index contributed by atoms with van der Waals surface area (Å²) in [5, 5.41) is 12.6. The van der Waals surface area contributed by atoms with Crippen molar-refractivity contribution in [1.82, 2.24) is 0 Å². The average Bonchev–Trinajstić information content (AvgIpc) is 2.79. The Morgan fingerprint density at radius 1 is 1.56 bits per heavy atom. The van der Waals surface area contributed by atoms with Crippen LogP contribution in [0.2, 0.25) is 0 Å². The number of aliphatic hydroxyl groups is 1. The highest BCUT2D eigenvalue weighted by molar-refractivity contribution is 7.99. The monoisotopic (exact) mass is 241 g/mol. The van der Waals surface area contributed by atoms with Crippen LogP contribution in [-0.4, -0.2) is 29.3 Å². The minimum Gasteiger partial charge on any atom is -0.394 e. The molecule has 0 radical (unpaired) electrons. The van der Waals surface area contributed by atoms with Gasteiger partial charge in [0.1, 0.15) is 5.82 Å². The lowest BCUT2D eigenvalue weighted by atomic mass is 9.99. The number of nitrogens with one attached hydrogen (secondary N) is 1. The van der Waals surface area contributed by atoms with Gasteiger partial charge in [-0.15, -0.1) is 0 Å². The van der Waals surface area contributed by atoms with E-state index in [1.165, 1.54) is 12.1 Å². The molecule has 2 rings (SSSR count). The van der Waals surface area contributed by atoms with Crippen molar-refractivity contribution < 1.29 is 9.50 Å². The number of hydrogen-bond acceptors (Lipinski definition) is 3. The van der Waals surface area contributed by atoms with E-state index in [-0.39, 0.29) is 18.5 Å². The molecule has 1 aromatic carbocycles. The third-order valence-electron chi connectivity index (χ3n) is 2.91. The summed E-state index contributed by atoms with van der Waals surface area (Å²) in [6.45, 7) is 0.0989. The molecule has 4 heteroatoms. The molecule has 1 heterocycles. The quantitative estimate of drug-likeness (QED) is 0.848. The maximum Gasteiger partial charge on any atom is 0.125 e. The zero-order chi connectivity index (χ0) is 11.4. The van der Waals surface area contributed by atoms with Gasteiger partial charge in [-0.05, 0) is 42.0 Å². The molecule has 1 aliphatic rings. The number of hydrogen-bond donors (Lipinski definition) is 2. The van der Waals surface area contributed by atoms with Gasteiger partial charge < -0.3 is 10.4 Å². The fourth-order valence-electron chi connectivity index (χ4n) is 1.97. The molecule has 1 aromatic rings. The molecular formula is C12H16FNOS. The van der Waals surface area contributed by atoms with E-state index in [0.717, 1.165) is 23.6 Å². The molecule has 2 nitrogen and oxygen atoms in total. The fraction of sp³-hybridized carbons (Fsp3) is 0.500. The molecule has 2 N–H and O–H groups in total. The first kappa shape index (κ1) is 11.7. The minimum atomic E-state index is -0.248. The molecule has 0 bridgehead atoms. The van der Waals surface area contributed by atoms with Gasteiger partial charge in [-0.25, -0.2) is 4.39 Å². The van der Waals surface area contributed by atoms with Crippen LogP contribution in [0.1, 0.15) is 6.42 Å². The molecule has 1 fully saturated rings. The summed E-state index contributed by atoms with van der Waals surface area (Å²) >= 11 is 1.91. The number of rotatable bonds is 4. The van der Waals surface area contributed by atoms with E-state index in [1.54, 1.807) is 6.07 Å². The van der Waals surface area contributed by atoms with E-state index >= 15 is 0 Å². The second-order valence-corrected chi connectivity index (χ2v) is 5.22. The van der Waals surface area contributed by atoms with E-state index < -0.39 is 0 Å². The van der Waals surface area contributed by atoms with E-state index in [0.29, 0.717) is 5.92 Å². The highest BCUT2D eigenvalue weighted by atomic mass is 32.2. The Balaban J connectivity index is 2.00. The van der Waals surface area contributed by atoms with Crippen molar-refractivity contribution in [3.63, 3.8) is 0 Å². The molecule has 2 atom stereocenters. The lowest BCUT2D eigenvalue weighted by Crippen LogP contribution is -2.32. The standard InChI is InChI=1S/C12H16FNOS/c13-10-2-1-3-11(6-10)14-12(7-15)9-4-5-16-8-9/h1-3,6,9,12,14-15H,4-5,7-8H2. The van der Waals surface area contributed by atoms with E-state index in [9.17, 15) is 9.50 Å². The zero-order valence-corrected chi connectivity index (χ0v) is 9.84. The van der Waals surface area contributed by atoms with E-state index in [2.05, 4.69) is 5.32 Å². The molecule has 1 saturated heterocycles. The summed E-state index contributed by atoms with van der Waals surface area (Å²) in [4.78, 5) is 0. The van der Waals surface area contributed by atoms with Gasteiger partial charge in [0.15, 0.2) is 0 Å². The second kappa shape index (κ2) is 5.55. The Morgan fingerprint density at radius 3 is 3.06 bits per heavy atom. The third-order valence-corrected chi connectivity index (χ3v) is 4.10. The molecule has 0 aliphatic carbocycles. The molecule has 0 saturated carbocycles. The Hall–Kier alpha value is -0.740. The Kier molecular flexibility index (Phi) is 4.07. The van der Waals surface area contributed by atoms with Gasteiger partial charge in [-0.2, -0.15) is 11.8 Å². The van der Waals surface area contributed by atoms with Crippen molar-refractivity contribution in [2.24, 2.45) is 5.92 Å². The predicted molar refractivity (Wildman–Crippen MR) is 66.3 cm³/mol. The van der Waals surface area contributed by atoms with Crippen LogP contribution in [0.3, 0.4) is 0 Å².